The average Bonchev–Trinajstić information content (AvgIpc) is 2.91. The first-order chi connectivity index (χ1) is 8.22. The van der Waals surface area contributed by atoms with Gasteiger partial charge in [0.2, 0.25) is 5.91 Å². The fourth-order valence-electron chi connectivity index (χ4n) is 2.95. The smallest absolute Gasteiger partial charge is 0.226 e. The van der Waals surface area contributed by atoms with Crippen molar-refractivity contribution in [3.63, 3.8) is 0 Å². The molecule has 1 saturated carbocycles. The Hall–Kier alpha value is -0.280. The van der Waals surface area contributed by atoms with Crippen molar-refractivity contribution >= 4 is 17.5 Å². The normalized spacial score (nSPS) is 25.2. The number of carbonyl (C=O) groups is 1. The van der Waals surface area contributed by atoms with Gasteiger partial charge in [0.05, 0.1) is 0 Å². The van der Waals surface area contributed by atoms with E-state index in [2.05, 4.69) is 4.90 Å². The van der Waals surface area contributed by atoms with Crippen LogP contribution in [-0.2, 0) is 4.79 Å². The van der Waals surface area contributed by atoms with Crippen molar-refractivity contribution in [2.45, 2.75) is 38.6 Å². The van der Waals surface area contributed by atoms with E-state index < -0.39 is 0 Å². The number of alkyl halides is 1. The molecule has 0 aromatic rings. The lowest BCUT2D eigenvalue weighted by atomic mass is 10.1. The lowest BCUT2D eigenvalue weighted by Gasteiger charge is -2.38. The summed E-state index contributed by atoms with van der Waals surface area (Å²) >= 11 is 5.74. The number of rotatable bonds is 3. The summed E-state index contributed by atoms with van der Waals surface area (Å²) in [6.07, 6.45) is 5.47. The molecule has 0 radical (unpaired) electrons. The first kappa shape index (κ1) is 13.2. The highest BCUT2D eigenvalue weighted by Gasteiger charge is 2.28. The highest BCUT2D eigenvalue weighted by Crippen LogP contribution is 2.24. The van der Waals surface area contributed by atoms with Gasteiger partial charge in [0, 0.05) is 44.0 Å². The van der Waals surface area contributed by atoms with Crippen molar-refractivity contribution in [3.05, 3.63) is 0 Å². The Morgan fingerprint density at radius 3 is 2.35 bits per heavy atom. The van der Waals surface area contributed by atoms with Gasteiger partial charge in [-0.15, -0.1) is 11.6 Å². The minimum atomic E-state index is -0.0327. The Kier molecular flexibility index (Phi) is 4.69. The number of piperazine rings is 1. The second kappa shape index (κ2) is 6.05. The Morgan fingerprint density at radius 2 is 1.82 bits per heavy atom. The van der Waals surface area contributed by atoms with Gasteiger partial charge >= 0.3 is 0 Å². The maximum Gasteiger partial charge on any atom is 0.226 e. The van der Waals surface area contributed by atoms with Crippen LogP contribution in [0.1, 0.15) is 32.6 Å². The molecule has 17 heavy (non-hydrogen) atoms. The lowest BCUT2D eigenvalue weighted by Crippen LogP contribution is -2.52. The Morgan fingerprint density at radius 1 is 1.24 bits per heavy atom. The third-order valence-corrected chi connectivity index (χ3v) is 4.58. The van der Waals surface area contributed by atoms with E-state index in [1.807, 2.05) is 11.8 Å². The summed E-state index contributed by atoms with van der Waals surface area (Å²) in [6, 6.07) is 0.790. The molecule has 0 spiro atoms. The van der Waals surface area contributed by atoms with Crippen LogP contribution >= 0.6 is 11.6 Å². The van der Waals surface area contributed by atoms with Crippen LogP contribution in [0.25, 0.3) is 0 Å². The van der Waals surface area contributed by atoms with E-state index in [1.54, 1.807) is 0 Å². The molecular formula is C13H23ClN2O. The number of hydrogen-bond donors (Lipinski definition) is 0. The zero-order valence-electron chi connectivity index (χ0n) is 10.7. The molecule has 0 N–H and O–H groups in total. The third kappa shape index (κ3) is 3.14. The summed E-state index contributed by atoms with van der Waals surface area (Å²) in [5, 5.41) is 0. The van der Waals surface area contributed by atoms with Crippen LogP contribution in [0.5, 0.6) is 0 Å². The van der Waals surface area contributed by atoms with Gasteiger partial charge in [0.15, 0.2) is 0 Å². The van der Waals surface area contributed by atoms with Crippen molar-refractivity contribution in [2.75, 3.05) is 32.1 Å². The fourth-order valence-corrected chi connectivity index (χ4v) is 3.09. The molecule has 98 valence electrons. The number of nitrogens with zero attached hydrogens (tertiary/aromatic N) is 2. The van der Waals surface area contributed by atoms with Crippen LogP contribution < -0.4 is 0 Å². The summed E-state index contributed by atoms with van der Waals surface area (Å²) in [4.78, 5) is 16.5. The predicted molar refractivity (Wildman–Crippen MR) is 70.3 cm³/mol. The zero-order chi connectivity index (χ0) is 12.3. The van der Waals surface area contributed by atoms with E-state index in [0.717, 1.165) is 32.2 Å². The first-order valence-corrected chi connectivity index (χ1v) is 7.34. The highest BCUT2D eigenvalue weighted by atomic mass is 35.5. The second-order valence-electron chi connectivity index (χ2n) is 5.35. The standard InChI is InChI=1S/C13H23ClN2O/c1-11(10-14)13(17)16-8-6-15(7-9-16)12-4-2-3-5-12/h11-12H,2-10H2,1H3. The van der Waals surface area contributed by atoms with Gasteiger partial charge in [-0.3, -0.25) is 9.69 Å². The third-order valence-electron chi connectivity index (χ3n) is 4.12. The monoisotopic (exact) mass is 258 g/mol. The molecule has 0 aromatic carbocycles. The summed E-state index contributed by atoms with van der Waals surface area (Å²) in [5.74, 6) is 0.627. The molecule has 1 aliphatic carbocycles. The molecule has 1 unspecified atom stereocenters. The van der Waals surface area contributed by atoms with E-state index in [9.17, 15) is 4.79 Å². The summed E-state index contributed by atoms with van der Waals surface area (Å²) in [7, 11) is 0. The molecule has 1 aliphatic heterocycles. The first-order valence-electron chi connectivity index (χ1n) is 6.81. The van der Waals surface area contributed by atoms with Crippen molar-refractivity contribution < 1.29 is 4.79 Å². The van der Waals surface area contributed by atoms with Gasteiger partial charge < -0.3 is 4.90 Å². The van der Waals surface area contributed by atoms with E-state index in [4.69, 9.17) is 11.6 Å². The van der Waals surface area contributed by atoms with E-state index in [1.165, 1.54) is 25.7 Å². The largest absolute Gasteiger partial charge is 0.340 e. The molecule has 3 nitrogen and oxygen atoms in total. The fraction of sp³-hybridized carbons (Fsp3) is 0.923. The van der Waals surface area contributed by atoms with Gasteiger partial charge in [-0.2, -0.15) is 0 Å². The molecule has 4 heteroatoms. The quantitative estimate of drug-likeness (QED) is 0.723. The van der Waals surface area contributed by atoms with Crippen molar-refractivity contribution in [2.24, 2.45) is 5.92 Å². The van der Waals surface area contributed by atoms with Crippen LogP contribution in [0, 0.1) is 5.92 Å². The Bertz CT molecular complexity index is 258. The number of halogens is 1. The Labute approximate surface area is 109 Å². The highest BCUT2D eigenvalue weighted by molar-refractivity contribution is 6.19. The molecule has 2 aliphatic rings. The van der Waals surface area contributed by atoms with Crippen LogP contribution in [0.15, 0.2) is 0 Å². The molecule has 2 fully saturated rings. The Balaban J connectivity index is 1.79. The molecular weight excluding hydrogens is 236 g/mol. The maximum atomic E-state index is 12.0. The van der Waals surface area contributed by atoms with Gasteiger partial charge in [-0.05, 0) is 12.8 Å². The topological polar surface area (TPSA) is 23.6 Å². The predicted octanol–water partition coefficient (Wildman–Crippen LogP) is 1.95. The van der Waals surface area contributed by atoms with Gasteiger partial charge in [-0.1, -0.05) is 19.8 Å². The van der Waals surface area contributed by atoms with Crippen LogP contribution in [0.4, 0.5) is 0 Å². The molecule has 1 saturated heterocycles. The summed E-state index contributed by atoms with van der Waals surface area (Å²) < 4.78 is 0. The van der Waals surface area contributed by atoms with Gasteiger partial charge in [-0.25, -0.2) is 0 Å². The maximum absolute atomic E-state index is 12.0. The molecule has 1 atom stereocenters. The van der Waals surface area contributed by atoms with Gasteiger partial charge in [0.25, 0.3) is 0 Å². The molecule has 0 aromatic heterocycles. The zero-order valence-corrected chi connectivity index (χ0v) is 11.5. The SMILES string of the molecule is CC(CCl)C(=O)N1CCN(C2CCCC2)CC1. The molecule has 0 bridgehead atoms. The van der Waals surface area contributed by atoms with Crippen molar-refractivity contribution in [1.29, 1.82) is 0 Å². The second-order valence-corrected chi connectivity index (χ2v) is 5.66. The molecule has 1 heterocycles. The number of carbonyl (C=O) groups excluding carboxylic acids is 1. The number of hydrogen-bond acceptors (Lipinski definition) is 2. The average molecular weight is 259 g/mol. The van der Waals surface area contributed by atoms with Crippen LogP contribution in [0.2, 0.25) is 0 Å². The van der Waals surface area contributed by atoms with Crippen LogP contribution in [0.3, 0.4) is 0 Å². The van der Waals surface area contributed by atoms with Crippen molar-refractivity contribution in [3.8, 4) is 0 Å². The van der Waals surface area contributed by atoms with Gasteiger partial charge in [0.1, 0.15) is 0 Å². The van der Waals surface area contributed by atoms with Crippen molar-refractivity contribution in [1.82, 2.24) is 9.80 Å². The molecule has 1 amide bonds. The number of amides is 1. The van der Waals surface area contributed by atoms with E-state index >= 15 is 0 Å². The minimum absolute atomic E-state index is 0.0327. The van der Waals surface area contributed by atoms with E-state index in [-0.39, 0.29) is 11.8 Å². The van der Waals surface area contributed by atoms with Crippen LogP contribution in [-0.4, -0.2) is 53.8 Å². The summed E-state index contributed by atoms with van der Waals surface area (Å²) in [5.41, 5.74) is 0. The van der Waals surface area contributed by atoms with E-state index in [0.29, 0.717) is 5.88 Å². The lowest BCUT2D eigenvalue weighted by molar-refractivity contribution is -0.136. The molecule has 2 rings (SSSR count). The summed E-state index contributed by atoms with van der Waals surface area (Å²) in [6.45, 7) is 5.78. The minimum Gasteiger partial charge on any atom is -0.340 e.